The fourth-order valence-electron chi connectivity index (χ4n) is 3.86. The van der Waals surface area contributed by atoms with Gasteiger partial charge >= 0.3 is 0 Å². The summed E-state index contributed by atoms with van der Waals surface area (Å²) in [6.45, 7) is 0.710. The van der Waals surface area contributed by atoms with E-state index in [0.29, 0.717) is 18.0 Å². The monoisotopic (exact) mass is 351 g/mol. The fraction of sp³-hybridized carbons (Fsp3) is 0.333. The van der Waals surface area contributed by atoms with Gasteiger partial charge in [-0.3, -0.25) is 9.78 Å². The lowest BCUT2D eigenvalue weighted by Gasteiger charge is -2.30. The van der Waals surface area contributed by atoms with Crippen LogP contribution in [0.25, 0.3) is 0 Å². The van der Waals surface area contributed by atoms with Crippen molar-refractivity contribution in [3.05, 3.63) is 53.1 Å². The van der Waals surface area contributed by atoms with Crippen LogP contribution in [-0.4, -0.2) is 27.4 Å². The number of rotatable bonds is 3. The zero-order valence-electron chi connectivity index (χ0n) is 13.5. The molecule has 0 spiro atoms. The minimum Gasteiger partial charge on any atom is -0.351 e. The lowest BCUT2D eigenvalue weighted by atomic mass is 9.90. The topological polar surface area (TPSA) is 79.8 Å². The summed E-state index contributed by atoms with van der Waals surface area (Å²) < 4.78 is 0. The molecule has 2 unspecified atom stereocenters. The van der Waals surface area contributed by atoms with E-state index in [0.717, 1.165) is 30.1 Å². The van der Waals surface area contributed by atoms with Crippen molar-refractivity contribution in [1.29, 1.82) is 0 Å². The van der Waals surface area contributed by atoms with E-state index in [-0.39, 0.29) is 11.3 Å². The van der Waals surface area contributed by atoms with Crippen molar-refractivity contribution in [1.82, 2.24) is 20.3 Å². The number of hydrogen-bond donors (Lipinski definition) is 2. The molecular weight excluding hydrogens is 334 g/mol. The van der Waals surface area contributed by atoms with Gasteiger partial charge in [-0.1, -0.05) is 11.8 Å². The van der Waals surface area contributed by atoms with Crippen LogP contribution < -0.4 is 10.6 Å². The zero-order chi connectivity index (χ0) is 16.9. The lowest BCUT2D eigenvalue weighted by molar-refractivity contribution is 0.0942. The summed E-state index contributed by atoms with van der Waals surface area (Å²) in [4.78, 5) is 26.5. The van der Waals surface area contributed by atoms with Crippen molar-refractivity contribution in [2.75, 3.05) is 11.9 Å². The summed E-state index contributed by atoms with van der Waals surface area (Å²) in [5.74, 6) is 1.29. The molecule has 1 aliphatic heterocycles. The summed E-state index contributed by atoms with van der Waals surface area (Å²) >= 11 is 1.74. The molecule has 2 N–H and O–H groups in total. The summed E-state index contributed by atoms with van der Waals surface area (Å²) in [6.07, 6.45) is 9.98. The molecule has 0 saturated heterocycles. The van der Waals surface area contributed by atoms with Crippen molar-refractivity contribution < 1.29 is 4.79 Å². The lowest BCUT2D eigenvalue weighted by Crippen LogP contribution is -2.33. The third kappa shape index (κ3) is 2.50. The Morgan fingerprint density at radius 1 is 1.36 bits per heavy atom. The first-order valence-electron chi connectivity index (χ1n) is 8.42. The molecule has 0 radical (unpaired) electrons. The first kappa shape index (κ1) is 14.9. The number of allylic oxidation sites excluding steroid dienone is 2. The van der Waals surface area contributed by atoms with Gasteiger partial charge in [-0.2, -0.15) is 0 Å². The largest absolute Gasteiger partial charge is 0.351 e. The quantitative estimate of drug-likeness (QED) is 0.885. The molecule has 3 heterocycles. The second kappa shape index (κ2) is 5.56. The standard InChI is InChI=1S/C18H17N5OS/c24-16(11-2-1-5-19-9-11)22-10-18-4-3-13-14(12(18)8-18)23-15-17(25-13)21-7-6-20-15/h1-2,5-7,9,12H,3-4,8,10H2,(H,20,23)(H,22,24). The van der Waals surface area contributed by atoms with Gasteiger partial charge in [0.25, 0.3) is 5.91 Å². The Bertz CT molecular complexity index is 884. The summed E-state index contributed by atoms with van der Waals surface area (Å²) in [5, 5.41) is 7.56. The fourth-order valence-corrected chi connectivity index (χ4v) is 4.91. The molecule has 7 heteroatoms. The molecule has 126 valence electrons. The van der Waals surface area contributed by atoms with Gasteiger partial charge < -0.3 is 10.6 Å². The number of fused-ring (bicyclic) bond motifs is 3. The average Bonchev–Trinajstić information content (AvgIpc) is 3.41. The first-order chi connectivity index (χ1) is 12.3. The maximum atomic E-state index is 12.3. The Morgan fingerprint density at radius 3 is 3.16 bits per heavy atom. The predicted octanol–water partition coefficient (Wildman–Crippen LogP) is 2.83. The van der Waals surface area contributed by atoms with Gasteiger partial charge in [0.2, 0.25) is 0 Å². The summed E-state index contributed by atoms with van der Waals surface area (Å²) in [7, 11) is 0. The number of anilines is 1. The number of amides is 1. The Kier molecular flexibility index (Phi) is 3.31. The van der Waals surface area contributed by atoms with Gasteiger partial charge in [0, 0.05) is 47.9 Å². The van der Waals surface area contributed by atoms with Crippen LogP contribution in [0.5, 0.6) is 0 Å². The van der Waals surface area contributed by atoms with E-state index in [9.17, 15) is 4.79 Å². The Hall–Kier alpha value is -2.41. The maximum Gasteiger partial charge on any atom is 0.252 e. The second-order valence-corrected chi connectivity index (χ2v) is 7.90. The van der Waals surface area contributed by atoms with E-state index < -0.39 is 0 Å². The summed E-state index contributed by atoms with van der Waals surface area (Å²) in [5.41, 5.74) is 2.09. The molecule has 25 heavy (non-hydrogen) atoms. The number of carbonyl (C=O) groups excluding carboxylic acids is 1. The van der Waals surface area contributed by atoms with Crippen LogP contribution in [0.15, 0.2) is 52.5 Å². The molecule has 2 aromatic heterocycles. The van der Waals surface area contributed by atoms with Crippen LogP contribution in [0.4, 0.5) is 5.82 Å². The Labute approximate surface area is 149 Å². The highest BCUT2D eigenvalue weighted by Gasteiger charge is 2.58. The molecule has 2 atom stereocenters. The molecule has 1 fully saturated rings. The molecule has 0 bridgehead atoms. The van der Waals surface area contributed by atoms with Crippen molar-refractivity contribution in [3.8, 4) is 0 Å². The first-order valence-corrected chi connectivity index (χ1v) is 9.24. The SMILES string of the molecule is O=C(NCC12CCC3=C(Nc4nccnc4S3)C1C2)c1cccnc1. The molecule has 3 aliphatic rings. The molecular formula is C18H17N5OS. The normalized spacial score (nSPS) is 26.0. The molecule has 1 saturated carbocycles. The van der Waals surface area contributed by atoms with Gasteiger partial charge in [0.05, 0.1) is 5.56 Å². The predicted molar refractivity (Wildman–Crippen MR) is 94.9 cm³/mol. The van der Waals surface area contributed by atoms with Crippen molar-refractivity contribution in [2.24, 2.45) is 11.3 Å². The van der Waals surface area contributed by atoms with E-state index in [1.165, 1.54) is 10.6 Å². The third-order valence-electron chi connectivity index (χ3n) is 5.35. The van der Waals surface area contributed by atoms with Crippen LogP contribution in [-0.2, 0) is 0 Å². The van der Waals surface area contributed by atoms with Crippen LogP contribution in [0.1, 0.15) is 29.6 Å². The van der Waals surface area contributed by atoms with E-state index >= 15 is 0 Å². The Balaban J connectivity index is 1.29. The number of thioether (sulfide) groups is 1. The number of aromatic nitrogens is 3. The van der Waals surface area contributed by atoms with Gasteiger partial charge in [-0.25, -0.2) is 9.97 Å². The second-order valence-electron chi connectivity index (χ2n) is 6.82. The van der Waals surface area contributed by atoms with Gasteiger partial charge in [-0.15, -0.1) is 0 Å². The van der Waals surface area contributed by atoms with E-state index in [1.807, 2.05) is 0 Å². The average molecular weight is 351 g/mol. The van der Waals surface area contributed by atoms with E-state index in [2.05, 4.69) is 25.6 Å². The van der Waals surface area contributed by atoms with Gasteiger partial charge in [-0.05, 0) is 36.8 Å². The Morgan fingerprint density at radius 2 is 2.28 bits per heavy atom. The minimum absolute atomic E-state index is 0.0462. The molecule has 0 aromatic carbocycles. The number of pyridine rings is 1. The molecule has 5 rings (SSSR count). The minimum atomic E-state index is -0.0462. The third-order valence-corrected chi connectivity index (χ3v) is 6.51. The highest BCUT2D eigenvalue weighted by molar-refractivity contribution is 8.03. The van der Waals surface area contributed by atoms with Crippen LogP contribution >= 0.6 is 11.8 Å². The highest BCUT2D eigenvalue weighted by Crippen LogP contribution is 2.65. The summed E-state index contributed by atoms with van der Waals surface area (Å²) in [6, 6.07) is 3.58. The van der Waals surface area contributed by atoms with Crippen LogP contribution in [0, 0.1) is 11.3 Å². The van der Waals surface area contributed by atoms with E-state index in [1.54, 1.807) is 48.7 Å². The van der Waals surface area contributed by atoms with Crippen molar-refractivity contribution in [3.63, 3.8) is 0 Å². The van der Waals surface area contributed by atoms with Gasteiger partial charge in [0.1, 0.15) is 5.03 Å². The molecule has 2 aliphatic carbocycles. The molecule has 6 nitrogen and oxygen atoms in total. The number of carbonyl (C=O) groups is 1. The van der Waals surface area contributed by atoms with Crippen molar-refractivity contribution >= 4 is 23.5 Å². The van der Waals surface area contributed by atoms with Crippen molar-refractivity contribution in [2.45, 2.75) is 24.3 Å². The highest BCUT2D eigenvalue weighted by atomic mass is 32.2. The number of nitrogens with zero attached hydrogens (tertiary/aromatic N) is 3. The number of nitrogens with one attached hydrogen (secondary N) is 2. The van der Waals surface area contributed by atoms with E-state index in [4.69, 9.17) is 0 Å². The number of hydrogen-bond acceptors (Lipinski definition) is 6. The molecule has 1 amide bonds. The molecule has 2 aromatic rings. The maximum absolute atomic E-state index is 12.3. The smallest absolute Gasteiger partial charge is 0.252 e. The van der Waals surface area contributed by atoms with Crippen LogP contribution in [0.2, 0.25) is 0 Å². The zero-order valence-corrected chi connectivity index (χ0v) is 14.3. The van der Waals surface area contributed by atoms with Crippen LogP contribution in [0.3, 0.4) is 0 Å². The van der Waals surface area contributed by atoms with Gasteiger partial charge in [0.15, 0.2) is 5.82 Å².